The number of benzene rings is 1. The summed E-state index contributed by atoms with van der Waals surface area (Å²) in [5.41, 5.74) is 1.71. The zero-order valence-electron chi connectivity index (χ0n) is 12.6. The van der Waals surface area contributed by atoms with Gasteiger partial charge in [0, 0.05) is 18.8 Å². The summed E-state index contributed by atoms with van der Waals surface area (Å²) in [6.45, 7) is 12.0. The van der Waals surface area contributed by atoms with Gasteiger partial charge in [0.25, 0.3) is 0 Å². The fourth-order valence-corrected chi connectivity index (χ4v) is 2.49. The van der Waals surface area contributed by atoms with Crippen LogP contribution < -0.4 is 10.2 Å². The molecular formula is C16H24N2O. The fraction of sp³-hybridized carbons (Fsp3) is 0.562. The minimum absolute atomic E-state index is 0.0612. The molecule has 104 valence electrons. The van der Waals surface area contributed by atoms with Gasteiger partial charge in [-0.15, -0.1) is 0 Å². The summed E-state index contributed by atoms with van der Waals surface area (Å²) in [4.78, 5) is 14.7. The molecule has 1 amide bonds. The lowest BCUT2D eigenvalue weighted by atomic mass is 9.93. The molecular weight excluding hydrogens is 236 g/mol. The van der Waals surface area contributed by atoms with E-state index >= 15 is 0 Å². The van der Waals surface area contributed by atoms with Gasteiger partial charge in [0.2, 0.25) is 5.91 Å². The van der Waals surface area contributed by atoms with Crippen LogP contribution in [0, 0.1) is 12.3 Å². The molecule has 0 radical (unpaired) electrons. The standard InChI is InChI=1S/C16H24N2O/c1-12-8-6-7-9-13(12)18-11-15(2,3)10-17-16(4,5)14(18)19/h6-9,17H,10-11H2,1-5H3. The van der Waals surface area contributed by atoms with E-state index in [1.54, 1.807) is 0 Å². The molecule has 1 saturated heterocycles. The topological polar surface area (TPSA) is 32.3 Å². The Labute approximate surface area is 116 Å². The first-order chi connectivity index (χ1) is 8.73. The first kappa shape index (κ1) is 14.1. The summed E-state index contributed by atoms with van der Waals surface area (Å²) in [5.74, 6) is 0.146. The highest BCUT2D eigenvalue weighted by Gasteiger charge is 2.40. The largest absolute Gasteiger partial charge is 0.310 e. The average Bonchev–Trinajstić information content (AvgIpc) is 2.41. The highest BCUT2D eigenvalue weighted by molar-refractivity contribution is 6.00. The third-order valence-corrected chi connectivity index (χ3v) is 3.78. The minimum atomic E-state index is -0.518. The van der Waals surface area contributed by atoms with Crippen molar-refractivity contribution < 1.29 is 4.79 Å². The van der Waals surface area contributed by atoms with Crippen LogP contribution in [0.25, 0.3) is 0 Å². The number of hydrogen-bond acceptors (Lipinski definition) is 2. The van der Waals surface area contributed by atoms with Gasteiger partial charge in [-0.3, -0.25) is 4.79 Å². The van der Waals surface area contributed by atoms with E-state index in [1.165, 1.54) is 0 Å². The molecule has 1 heterocycles. The van der Waals surface area contributed by atoms with E-state index in [1.807, 2.05) is 36.9 Å². The van der Waals surface area contributed by atoms with E-state index < -0.39 is 5.54 Å². The Bertz CT molecular complexity index is 491. The molecule has 0 atom stereocenters. The van der Waals surface area contributed by atoms with Crippen molar-refractivity contribution in [2.45, 2.75) is 40.2 Å². The van der Waals surface area contributed by atoms with Crippen LogP contribution in [0.15, 0.2) is 24.3 Å². The van der Waals surface area contributed by atoms with E-state index in [0.29, 0.717) is 0 Å². The lowest BCUT2D eigenvalue weighted by Crippen LogP contribution is -2.52. The number of aryl methyl sites for hydroxylation is 1. The van der Waals surface area contributed by atoms with Crippen molar-refractivity contribution in [3.05, 3.63) is 29.8 Å². The van der Waals surface area contributed by atoms with Crippen molar-refractivity contribution in [3.8, 4) is 0 Å². The van der Waals surface area contributed by atoms with Crippen LogP contribution in [0.3, 0.4) is 0 Å². The predicted octanol–water partition coefficient (Wildman–Crippen LogP) is 2.74. The van der Waals surface area contributed by atoms with Crippen LogP contribution in [0.2, 0.25) is 0 Å². The van der Waals surface area contributed by atoms with E-state index in [2.05, 4.69) is 32.2 Å². The molecule has 3 heteroatoms. The molecule has 0 saturated carbocycles. The lowest BCUT2D eigenvalue weighted by molar-refractivity contribution is -0.123. The summed E-state index contributed by atoms with van der Waals surface area (Å²) < 4.78 is 0. The van der Waals surface area contributed by atoms with E-state index in [4.69, 9.17) is 0 Å². The number of nitrogens with zero attached hydrogens (tertiary/aromatic N) is 1. The van der Waals surface area contributed by atoms with Gasteiger partial charge >= 0.3 is 0 Å². The maximum atomic E-state index is 12.8. The van der Waals surface area contributed by atoms with Gasteiger partial charge in [0.05, 0.1) is 5.54 Å². The summed E-state index contributed by atoms with van der Waals surface area (Å²) in [6, 6.07) is 8.09. The third-order valence-electron chi connectivity index (χ3n) is 3.78. The Kier molecular flexibility index (Phi) is 3.43. The van der Waals surface area contributed by atoms with Crippen LogP contribution >= 0.6 is 0 Å². The Morgan fingerprint density at radius 2 is 1.79 bits per heavy atom. The summed E-state index contributed by atoms with van der Waals surface area (Å²) in [7, 11) is 0. The van der Waals surface area contributed by atoms with Crippen molar-refractivity contribution in [2.75, 3.05) is 18.0 Å². The number of carbonyl (C=O) groups is 1. The fourth-order valence-electron chi connectivity index (χ4n) is 2.49. The highest BCUT2D eigenvalue weighted by atomic mass is 16.2. The van der Waals surface area contributed by atoms with Gasteiger partial charge in [-0.2, -0.15) is 0 Å². The maximum absolute atomic E-state index is 12.8. The zero-order chi connectivity index (χ0) is 14.3. The highest BCUT2D eigenvalue weighted by Crippen LogP contribution is 2.30. The molecule has 1 N–H and O–H groups in total. The van der Waals surface area contributed by atoms with E-state index in [-0.39, 0.29) is 11.3 Å². The normalized spacial score (nSPS) is 22.2. The number of hydrogen-bond donors (Lipinski definition) is 1. The van der Waals surface area contributed by atoms with Gasteiger partial charge < -0.3 is 10.2 Å². The molecule has 19 heavy (non-hydrogen) atoms. The van der Waals surface area contributed by atoms with Gasteiger partial charge in [-0.05, 0) is 37.8 Å². The monoisotopic (exact) mass is 260 g/mol. The van der Waals surface area contributed by atoms with Crippen LogP contribution in [-0.4, -0.2) is 24.5 Å². The quantitative estimate of drug-likeness (QED) is 0.842. The second-order valence-electron chi connectivity index (χ2n) is 6.82. The first-order valence-electron chi connectivity index (χ1n) is 6.86. The third kappa shape index (κ3) is 2.81. The zero-order valence-corrected chi connectivity index (χ0v) is 12.6. The molecule has 1 aromatic rings. The lowest BCUT2D eigenvalue weighted by Gasteiger charge is -2.31. The molecule has 0 unspecified atom stereocenters. The number of carbonyl (C=O) groups excluding carboxylic acids is 1. The molecule has 0 bridgehead atoms. The van der Waals surface area contributed by atoms with Gasteiger partial charge in [-0.25, -0.2) is 0 Å². The van der Waals surface area contributed by atoms with Gasteiger partial charge in [0.15, 0.2) is 0 Å². The molecule has 0 aliphatic carbocycles. The Hall–Kier alpha value is -1.35. The van der Waals surface area contributed by atoms with Crippen LogP contribution in [0.5, 0.6) is 0 Å². The molecule has 0 spiro atoms. The summed E-state index contributed by atoms with van der Waals surface area (Å²) >= 11 is 0. The second-order valence-corrected chi connectivity index (χ2v) is 6.82. The Morgan fingerprint density at radius 3 is 2.42 bits per heavy atom. The second kappa shape index (κ2) is 4.64. The number of anilines is 1. The smallest absolute Gasteiger partial charge is 0.246 e. The maximum Gasteiger partial charge on any atom is 0.246 e. The summed E-state index contributed by atoms with van der Waals surface area (Å²) in [6.07, 6.45) is 0. The number of amides is 1. The Balaban J connectivity index is 2.46. The Morgan fingerprint density at radius 1 is 1.16 bits per heavy atom. The van der Waals surface area contributed by atoms with E-state index in [9.17, 15) is 4.79 Å². The SMILES string of the molecule is Cc1ccccc1N1CC(C)(C)CNC(C)(C)C1=O. The average molecular weight is 260 g/mol. The molecule has 0 aromatic heterocycles. The van der Waals surface area contributed by atoms with Crippen molar-refractivity contribution in [3.63, 3.8) is 0 Å². The van der Waals surface area contributed by atoms with Crippen LogP contribution in [0.4, 0.5) is 5.69 Å². The molecule has 1 fully saturated rings. The minimum Gasteiger partial charge on any atom is -0.310 e. The molecule has 1 aliphatic rings. The van der Waals surface area contributed by atoms with Crippen molar-refractivity contribution in [1.29, 1.82) is 0 Å². The van der Waals surface area contributed by atoms with Gasteiger partial charge in [0.1, 0.15) is 0 Å². The molecule has 3 nitrogen and oxygen atoms in total. The molecule has 1 aromatic carbocycles. The van der Waals surface area contributed by atoms with Crippen molar-refractivity contribution in [1.82, 2.24) is 5.32 Å². The number of nitrogens with one attached hydrogen (secondary N) is 1. The van der Waals surface area contributed by atoms with Crippen LogP contribution in [-0.2, 0) is 4.79 Å². The van der Waals surface area contributed by atoms with Gasteiger partial charge in [-0.1, -0.05) is 32.0 Å². The van der Waals surface area contributed by atoms with Crippen molar-refractivity contribution >= 4 is 11.6 Å². The molecule has 2 rings (SSSR count). The first-order valence-corrected chi connectivity index (χ1v) is 6.86. The van der Waals surface area contributed by atoms with E-state index in [0.717, 1.165) is 24.3 Å². The number of rotatable bonds is 1. The predicted molar refractivity (Wildman–Crippen MR) is 79.4 cm³/mol. The summed E-state index contributed by atoms with van der Waals surface area (Å²) in [5, 5.41) is 3.39. The van der Waals surface area contributed by atoms with Crippen molar-refractivity contribution in [2.24, 2.45) is 5.41 Å². The van der Waals surface area contributed by atoms with Crippen LogP contribution in [0.1, 0.15) is 33.3 Å². The molecule has 1 aliphatic heterocycles. The number of para-hydroxylation sites is 1.